The summed E-state index contributed by atoms with van der Waals surface area (Å²) in [5.41, 5.74) is 8.62. The molecule has 0 aliphatic heterocycles. The average Bonchev–Trinajstić information content (AvgIpc) is 2.03. The first-order valence-electron chi connectivity index (χ1n) is 5.12. The van der Waals surface area contributed by atoms with Crippen molar-refractivity contribution < 1.29 is 0 Å². The molecule has 13 heavy (non-hydrogen) atoms. The summed E-state index contributed by atoms with van der Waals surface area (Å²) in [6.07, 6.45) is 7.76. The molecule has 0 aromatic carbocycles. The fraction of sp³-hybridized carbons (Fsp3) is 0.667. The highest BCUT2D eigenvalue weighted by Crippen LogP contribution is 2.07. The van der Waals surface area contributed by atoms with Crippen molar-refractivity contribution in [3.63, 3.8) is 0 Å². The minimum Gasteiger partial charge on any atom is -0.324 e. The first kappa shape index (κ1) is 12.4. The largest absolute Gasteiger partial charge is 0.324 e. The minimum atomic E-state index is 0.242. The van der Waals surface area contributed by atoms with Crippen molar-refractivity contribution in [1.29, 1.82) is 0 Å². The normalized spacial score (nSPS) is 14.1. The number of allylic oxidation sites excluding steroid dienone is 3. The number of rotatable bonds is 5. The summed E-state index contributed by atoms with van der Waals surface area (Å²) in [6.45, 7) is 8.55. The Bertz CT molecular complexity index is 185. The predicted molar refractivity (Wildman–Crippen MR) is 60.7 cm³/mol. The van der Waals surface area contributed by atoms with Crippen LogP contribution in [0.2, 0.25) is 0 Å². The van der Waals surface area contributed by atoms with E-state index in [4.69, 9.17) is 5.73 Å². The van der Waals surface area contributed by atoms with Gasteiger partial charge in [-0.15, -0.1) is 0 Å². The van der Waals surface area contributed by atoms with Gasteiger partial charge in [-0.2, -0.15) is 0 Å². The van der Waals surface area contributed by atoms with Crippen LogP contribution in [0.15, 0.2) is 23.3 Å². The molecule has 1 atom stereocenters. The Morgan fingerprint density at radius 2 is 1.92 bits per heavy atom. The van der Waals surface area contributed by atoms with Crippen molar-refractivity contribution in [2.45, 2.75) is 53.0 Å². The Balaban J connectivity index is 3.80. The highest BCUT2D eigenvalue weighted by molar-refractivity contribution is 5.05. The molecule has 0 amide bonds. The van der Waals surface area contributed by atoms with E-state index in [1.54, 1.807) is 0 Å². The second-order valence-corrected chi connectivity index (χ2v) is 3.91. The van der Waals surface area contributed by atoms with E-state index in [9.17, 15) is 0 Å². The van der Waals surface area contributed by atoms with Gasteiger partial charge >= 0.3 is 0 Å². The highest BCUT2D eigenvalue weighted by Gasteiger charge is 1.94. The molecular weight excluding hydrogens is 158 g/mol. The summed E-state index contributed by atoms with van der Waals surface area (Å²) in [7, 11) is 0. The molecule has 0 saturated carbocycles. The average molecular weight is 181 g/mol. The Labute approximate surface area is 82.7 Å². The van der Waals surface area contributed by atoms with Gasteiger partial charge in [0.05, 0.1) is 0 Å². The van der Waals surface area contributed by atoms with Gasteiger partial charge in [0.25, 0.3) is 0 Å². The van der Waals surface area contributed by atoms with E-state index in [1.807, 2.05) is 0 Å². The van der Waals surface area contributed by atoms with Crippen LogP contribution in [0, 0.1) is 0 Å². The summed E-state index contributed by atoms with van der Waals surface area (Å²) in [6, 6.07) is 0.242. The molecule has 0 rings (SSSR count). The van der Waals surface area contributed by atoms with Crippen LogP contribution < -0.4 is 5.73 Å². The van der Waals surface area contributed by atoms with Gasteiger partial charge in [0, 0.05) is 6.04 Å². The molecule has 0 bridgehead atoms. The van der Waals surface area contributed by atoms with Crippen LogP contribution in [0.5, 0.6) is 0 Å². The van der Waals surface area contributed by atoms with E-state index in [0.29, 0.717) is 0 Å². The number of hydrogen-bond acceptors (Lipinski definition) is 1. The Kier molecular flexibility index (Phi) is 6.61. The molecule has 0 aliphatic rings. The SMILES string of the molecule is CCC(N)/C=C(\C)CCC=C(C)C. The lowest BCUT2D eigenvalue weighted by molar-refractivity contribution is 0.768. The fourth-order valence-electron chi connectivity index (χ4n) is 1.16. The van der Waals surface area contributed by atoms with Gasteiger partial charge in [-0.05, 0) is 40.0 Å². The fourth-order valence-corrected chi connectivity index (χ4v) is 1.16. The molecule has 0 aromatic heterocycles. The molecule has 1 nitrogen and oxygen atoms in total. The summed E-state index contributed by atoms with van der Waals surface area (Å²) in [5.74, 6) is 0. The second kappa shape index (κ2) is 6.90. The van der Waals surface area contributed by atoms with Crippen molar-refractivity contribution in [2.75, 3.05) is 0 Å². The van der Waals surface area contributed by atoms with Crippen LogP contribution in [-0.4, -0.2) is 6.04 Å². The highest BCUT2D eigenvalue weighted by atomic mass is 14.6. The van der Waals surface area contributed by atoms with E-state index in [-0.39, 0.29) is 6.04 Å². The molecular formula is C12H23N. The number of nitrogens with two attached hydrogens (primary N) is 1. The van der Waals surface area contributed by atoms with Crippen LogP contribution in [0.1, 0.15) is 47.0 Å². The predicted octanol–water partition coefficient (Wildman–Crippen LogP) is 3.42. The van der Waals surface area contributed by atoms with Crippen LogP contribution in [0.4, 0.5) is 0 Å². The molecule has 0 aromatic rings. The van der Waals surface area contributed by atoms with Crippen molar-refractivity contribution in [2.24, 2.45) is 5.73 Å². The maximum Gasteiger partial charge on any atom is 0.0223 e. The van der Waals surface area contributed by atoms with Gasteiger partial charge in [-0.3, -0.25) is 0 Å². The first-order valence-corrected chi connectivity index (χ1v) is 5.12. The standard InChI is InChI=1S/C12H23N/c1-5-12(13)9-11(4)8-6-7-10(2)3/h7,9,12H,5-6,8,13H2,1-4H3/b11-9+. The van der Waals surface area contributed by atoms with Crippen molar-refractivity contribution in [1.82, 2.24) is 0 Å². The molecule has 0 spiro atoms. The van der Waals surface area contributed by atoms with Gasteiger partial charge in [-0.25, -0.2) is 0 Å². The van der Waals surface area contributed by atoms with E-state index in [1.165, 1.54) is 11.1 Å². The van der Waals surface area contributed by atoms with E-state index in [0.717, 1.165) is 19.3 Å². The molecule has 0 aliphatic carbocycles. The molecule has 76 valence electrons. The third kappa shape index (κ3) is 7.79. The third-order valence-corrected chi connectivity index (χ3v) is 2.06. The van der Waals surface area contributed by atoms with Crippen LogP contribution >= 0.6 is 0 Å². The first-order chi connectivity index (χ1) is 6.06. The molecule has 1 unspecified atom stereocenters. The Morgan fingerprint density at radius 3 is 2.38 bits per heavy atom. The maximum absolute atomic E-state index is 5.81. The van der Waals surface area contributed by atoms with Gasteiger partial charge in [-0.1, -0.05) is 30.2 Å². The summed E-state index contributed by atoms with van der Waals surface area (Å²) in [5, 5.41) is 0. The van der Waals surface area contributed by atoms with Crippen molar-refractivity contribution in [3.05, 3.63) is 23.3 Å². The van der Waals surface area contributed by atoms with Gasteiger partial charge < -0.3 is 5.73 Å². The lowest BCUT2D eigenvalue weighted by atomic mass is 10.1. The second-order valence-electron chi connectivity index (χ2n) is 3.91. The van der Waals surface area contributed by atoms with E-state index < -0.39 is 0 Å². The van der Waals surface area contributed by atoms with E-state index in [2.05, 4.69) is 39.8 Å². The lowest BCUT2D eigenvalue weighted by Gasteiger charge is -2.04. The maximum atomic E-state index is 5.81. The quantitative estimate of drug-likeness (QED) is 0.646. The zero-order chi connectivity index (χ0) is 10.3. The molecule has 0 saturated heterocycles. The molecule has 2 N–H and O–H groups in total. The van der Waals surface area contributed by atoms with Gasteiger partial charge in [0.2, 0.25) is 0 Å². The Hall–Kier alpha value is -0.560. The Morgan fingerprint density at radius 1 is 1.31 bits per heavy atom. The van der Waals surface area contributed by atoms with Crippen LogP contribution in [0.3, 0.4) is 0 Å². The van der Waals surface area contributed by atoms with Crippen LogP contribution in [0.25, 0.3) is 0 Å². The van der Waals surface area contributed by atoms with Gasteiger partial charge in [0.1, 0.15) is 0 Å². The zero-order valence-corrected chi connectivity index (χ0v) is 9.43. The smallest absolute Gasteiger partial charge is 0.0223 e. The zero-order valence-electron chi connectivity index (χ0n) is 9.43. The molecule has 0 radical (unpaired) electrons. The lowest BCUT2D eigenvalue weighted by Crippen LogP contribution is -2.15. The minimum absolute atomic E-state index is 0.242. The monoisotopic (exact) mass is 181 g/mol. The third-order valence-electron chi connectivity index (χ3n) is 2.06. The summed E-state index contributed by atoms with van der Waals surface area (Å²) >= 11 is 0. The van der Waals surface area contributed by atoms with Gasteiger partial charge in [0.15, 0.2) is 0 Å². The molecule has 0 heterocycles. The topological polar surface area (TPSA) is 26.0 Å². The van der Waals surface area contributed by atoms with Crippen molar-refractivity contribution in [3.8, 4) is 0 Å². The molecule has 0 fully saturated rings. The summed E-state index contributed by atoms with van der Waals surface area (Å²) in [4.78, 5) is 0. The van der Waals surface area contributed by atoms with Crippen molar-refractivity contribution >= 4 is 0 Å². The van der Waals surface area contributed by atoms with E-state index >= 15 is 0 Å². The van der Waals surface area contributed by atoms with Crippen LogP contribution in [-0.2, 0) is 0 Å². The number of hydrogen-bond donors (Lipinski definition) is 1. The molecule has 1 heteroatoms. The summed E-state index contributed by atoms with van der Waals surface area (Å²) < 4.78 is 0.